The molecule has 2 fully saturated rings. The molecule has 5 heteroatoms. The van der Waals surface area contributed by atoms with Crippen LogP contribution >= 0.6 is 0 Å². The summed E-state index contributed by atoms with van der Waals surface area (Å²) in [6, 6.07) is 0. The molecule has 0 aromatic carbocycles. The molecule has 1 amide bonds. The van der Waals surface area contributed by atoms with Gasteiger partial charge in [0.2, 0.25) is 5.91 Å². The van der Waals surface area contributed by atoms with Gasteiger partial charge in [0.1, 0.15) is 0 Å². The number of nitrogens with zero attached hydrogens (tertiary/aromatic N) is 1. The number of hydrogen-bond donors (Lipinski definition) is 2. The van der Waals surface area contributed by atoms with E-state index in [4.69, 9.17) is 5.11 Å². The predicted molar refractivity (Wildman–Crippen MR) is 62.5 cm³/mol. The zero-order valence-corrected chi connectivity index (χ0v) is 10.4. The molecule has 0 spiro atoms. The van der Waals surface area contributed by atoms with E-state index in [9.17, 15) is 9.59 Å². The average molecular weight is 240 g/mol. The van der Waals surface area contributed by atoms with Gasteiger partial charge in [-0.1, -0.05) is 6.92 Å². The smallest absolute Gasteiger partial charge is 0.311 e. The summed E-state index contributed by atoms with van der Waals surface area (Å²) in [5.41, 5.74) is -0.759. The van der Waals surface area contributed by atoms with Gasteiger partial charge in [0.05, 0.1) is 11.3 Å². The molecule has 0 radical (unpaired) electrons. The standard InChI is InChI=1S/C12H20N2O3/c1-8-5-13-6-9(8)10(15)14-4-3-12(2,7-14)11(16)17/h8-9,13H,3-7H2,1-2H3,(H,16,17)/t8-,9-,12?/m1/s1. The molecule has 0 aliphatic carbocycles. The molecule has 0 aromatic rings. The van der Waals surface area contributed by atoms with Gasteiger partial charge in [-0.3, -0.25) is 9.59 Å². The summed E-state index contributed by atoms with van der Waals surface area (Å²) in [5, 5.41) is 12.3. The van der Waals surface area contributed by atoms with Crippen LogP contribution in [0.15, 0.2) is 0 Å². The van der Waals surface area contributed by atoms with Crippen LogP contribution < -0.4 is 5.32 Å². The number of carbonyl (C=O) groups is 2. The van der Waals surface area contributed by atoms with E-state index in [1.54, 1.807) is 11.8 Å². The van der Waals surface area contributed by atoms with Crippen LogP contribution in [0.25, 0.3) is 0 Å². The van der Waals surface area contributed by atoms with E-state index in [0.717, 1.165) is 13.1 Å². The van der Waals surface area contributed by atoms with Crippen LogP contribution in [0.2, 0.25) is 0 Å². The lowest BCUT2D eigenvalue weighted by atomic mass is 9.90. The fourth-order valence-corrected chi connectivity index (χ4v) is 2.70. The van der Waals surface area contributed by atoms with Gasteiger partial charge in [0.25, 0.3) is 0 Å². The monoisotopic (exact) mass is 240 g/mol. The maximum atomic E-state index is 12.3. The van der Waals surface area contributed by atoms with Crippen molar-refractivity contribution < 1.29 is 14.7 Å². The van der Waals surface area contributed by atoms with Crippen molar-refractivity contribution in [1.82, 2.24) is 10.2 Å². The number of rotatable bonds is 2. The van der Waals surface area contributed by atoms with Crippen LogP contribution in [-0.4, -0.2) is 48.1 Å². The molecule has 3 atom stereocenters. The van der Waals surface area contributed by atoms with Gasteiger partial charge >= 0.3 is 5.97 Å². The third-order valence-electron chi connectivity index (χ3n) is 4.14. The Bertz CT molecular complexity index is 345. The van der Waals surface area contributed by atoms with Crippen molar-refractivity contribution in [2.75, 3.05) is 26.2 Å². The summed E-state index contributed by atoms with van der Waals surface area (Å²) in [6.45, 7) is 6.31. The topological polar surface area (TPSA) is 69.6 Å². The molecule has 0 saturated carbocycles. The van der Waals surface area contributed by atoms with Crippen molar-refractivity contribution in [3.05, 3.63) is 0 Å². The van der Waals surface area contributed by atoms with Crippen molar-refractivity contribution in [3.63, 3.8) is 0 Å². The SMILES string of the molecule is C[C@@H]1CNC[C@H]1C(=O)N1CCC(C)(C(=O)O)C1. The molecule has 2 aliphatic rings. The van der Waals surface area contributed by atoms with E-state index in [-0.39, 0.29) is 11.8 Å². The van der Waals surface area contributed by atoms with Gasteiger partial charge in [-0.05, 0) is 25.8 Å². The number of nitrogens with one attached hydrogen (secondary N) is 1. The van der Waals surface area contributed by atoms with Crippen LogP contribution in [0.5, 0.6) is 0 Å². The highest BCUT2D eigenvalue weighted by atomic mass is 16.4. The normalized spacial score (nSPS) is 37.4. The van der Waals surface area contributed by atoms with Crippen LogP contribution in [0.4, 0.5) is 0 Å². The first kappa shape index (κ1) is 12.4. The molecular formula is C12H20N2O3. The Hall–Kier alpha value is -1.10. The minimum absolute atomic E-state index is 0.0196. The van der Waals surface area contributed by atoms with E-state index in [0.29, 0.717) is 25.4 Å². The summed E-state index contributed by atoms with van der Waals surface area (Å²) in [5.74, 6) is -0.316. The van der Waals surface area contributed by atoms with Crippen LogP contribution in [0.3, 0.4) is 0 Å². The van der Waals surface area contributed by atoms with Crippen molar-refractivity contribution in [3.8, 4) is 0 Å². The van der Waals surface area contributed by atoms with Crippen LogP contribution in [-0.2, 0) is 9.59 Å². The Kier molecular flexibility index (Phi) is 3.12. The van der Waals surface area contributed by atoms with Gasteiger partial charge in [0.15, 0.2) is 0 Å². The van der Waals surface area contributed by atoms with E-state index in [2.05, 4.69) is 12.2 Å². The Morgan fingerprint density at radius 3 is 2.59 bits per heavy atom. The highest BCUT2D eigenvalue weighted by Crippen LogP contribution is 2.32. The van der Waals surface area contributed by atoms with Gasteiger partial charge < -0.3 is 15.3 Å². The minimum atomic E-state index is -0.801. The summed E-state index contributed by atoms with van der Waals surface area (Å²) in [4.78, 5) is 25.1. The lowest BCUT2D eigenvalue weighted by molar-refractivity contribution is -0.147. The molecule has 2 N–H and O–H groups in total. The highest BCUT2D eigenvalue weighted by molar-refractivity contribution is 5.82. The molecule has 17 heavy (non-hydrogen) atoms. The van der Waals surface area contributed by atoms with E-state index >= 15 is 0 Å². The first-order valence-electron chi connectivity index (χ1n) is 6.17. The van der Waals surface area contributed by atoms with E-state index in [1.165, 1.54) is 0 Å². The fraction of sp³-hybridized carbons (Fsp3) is 0.833. The maximum absolute atomic E-state index is 12.3. The van der Waals surface area contributed by atoms with E-state index < -0.39 is 11.4 Å². The second-order valence-electron chi connectivity index (χ2n) is 5.62. The number of carboxylic acids is 1. The summed E-state index contributed by atoms with van der Waals surface area (Å²) < 4.78 is 0. The highest BCUT2D eigenvalue weighted by Gasteiger charge is 2.44. The lowest BCUT2D eigenvalue weighted by Crippen LogP contribution is -2.40. The molecule has 2 saturated heterocycles. The summed E-state index contributed by atoms with van der Waals surface area (Å²) in [6.07, 6.45) is 0.558. The molecule has 0 bridgehead atoms. The lowest BCUT2D eigenvalue weighted by Gasteiger charge is -2.24. The molecule has 2 heterocycles. The second kappa shape index (κ2) is 4.29. The first-order valence-corrected chi connectivity index (χ1v) is 6.17. The van der Waals surface area contributed by atoms with Crippen molar-refractivity contribution in [2.45, 2.75) is 20.3 Å². The molecule has 5 nitrogen and oxygen atoms in total. The first-order chi connectivity index (χ1) is 7.94. The second-order valence-corrected chi connectivity index (χ2v) is 5.62. The zero-order chi connectivity index (χ0) is 12.6. The molecule has 2 rings (SSSR count). The van der Waals surface area contributed by atoms with Crippen LogP contribution in [0.1, 0.15) is 20.3 Å². The number of amides is 1. The van der Waals surface area contributed by atoms with E-state index in [1.807, 2.05) is 0 Å². The number of likely N-dealkylation sites (tertiary alicyclic amines) is 1. The van der Waals surface area contributed by atoms with Gasteiger partial charge in [-0.2, -0.15) is 0 Å². The van der Waals surface area contributed by atoms with Gasteiger partial charge in [0, 0.05) is 19.6 Å². The largest absolute Gasteiger partial charge is 0.481 e. The average Bonchev–Trinajstić information content (AvgIpc) is 2.85. The molecule has 1 unspecified atom stereocenters. The molecule has 96 valence electrons. The quantitative estimate of drug-likeness (QED) is 0.721. The van der Waals surface area contributed by atoms with Crippen molar-refractivity contribution in [1.29, 1.82) is 0 Å². The summed E-state index contributed by atoms with van der Waals surface area (Å²) in [7, 11) is 0. The fourth-order valence-electron chi connectivity index (χ4n) is 2.70. The van der Waals surface area contributed by atoms with Gasteiger partial charge in [-0.15, -0.1) is 0 Å². The predicted octanol–water partition coefficient (Wildman–Crippen LogP) is 0.165. The van der Waals surface area contributed by atoms with Gasteiger partial charge in [-0.25, -0.2) is 0 Å². The Balaban J connectivity index is 2.01. The third kappa shape index (κ3) is 2.16. The number of hydrogen-bond acceptors (Lipinski definition) is 3. The molecule has 2 aliphatic heterocycles. The van der Waals surface area contributed by atoms with Crippen molar-refractivity contribution in [2.24, 2.45) is 17.3 Å². The molecule has 0 aromatic heterocycles. The minimum Gasteiger partial charge on any atom is -0.481 e. The zero-order valence-electron chi connectivity index (χ0n) is 10.4. The Morgan fingerprint density at radius 2 is 2.12 bits per heavy atom. The maximum Gasteiger partial charge on any atom is 0.311 e. The number of aliphatic carboxylic acids is 1. The third-order valence-corrected chi connectivity index (χ3v) is 4.14. The number of carbonyl (C=O) groups excluding carboxylic acids is 1. The Labute approximate surface area is 101 Å². The summed E-state index contributed by atoms with van der Waals surface area (Å²) >= 11 is 0. The van der Waals surface area contributed by atoms with Crippen LogP contribution in [0, 0.1) is 17.3 Å². The number of carboxylic acid groups (broad SMARTS) is 1. The Morgan fingerprint density at radius 1 is 1.41 bits per heavy atom. The van der Waals surface area contributed by atoms with Crippen molar-refractivity contribution >= 4 is 11.9 Å². The molecular weight excluding hydrogens is 220 g/mol.